The lowest BCUT2D eigenvalue weighted by Gasteiger charge is -2.00. The molecule has 0 fully saturated rings. The molecule has 0 atom stereocenters. The molecule has 0 bridgehead atoms. The molecule has 0 aliphatic rings. The number of rotatable bonds is 9. The standard InChI is InChI=1S/C15H22O5/c1-18-14(16)8-6-4-3-5-7-12-9-10-13(20-12)11-15(17)19-2/h9-10H,3-8,11H2,1-2H3. The quantitative estimate of drug-likeness (QED) is 0.514. The predicted octanol–water partition coefficient (Wildman–Crippen LogP) is 2.66. The number of carbonyl (C=O) groups excluding carboxylic acids is 2. The first-order valence-corrected chi connectivity index (χ1v) is 6.87. The lowest BCUT2D eigenvalue weighted by Crippen LogP contribution is -2.03. The summed E-state index contributed by atoms with van der Waals surface area (Å²) >= 11 is 0. The number of carbonyl (C=O) groups is 2. The molecule has 1 heterocycles. The van der Waals surface area contributed by atoms with Crippen molar-refractivity contribution in [3.8, 4) is 0 Å². The molecule has 0 radical (unpaired) electrons. The Morgan fingerprint density at radius 1 is 0.950 bits per heavy atom. The van der Waals surface area contributed by atoms with Crippen LogP contribution in [-0.4, -0.2) is 26.2 Å². The Morgan fingerprint density at radius 2 is 1.60 bits per heavy atom. The molecule has 5 nitrogen and oxygen atoms in total. The number of aryl methyl sites for hydroxylation is 1. The van der Waals surface area contributed by atoms with Gasteiger partial charge in [-0.05, 0) is 25.0 Å². The number of esters is 2. The van der Waals surface area contributed by atoms with Crippen LogP contribution in [0.1, 0.15) is 43.6 Å². The molecule has 0 N–H and O–H groups in total. The Bertz CT molecular complexity index is 422. The normalized spacial score (nSPS) is 10.3. The summed E-state index contributed by atoms with van der Waals surface area (Å²) in [6, 6.07) is 3.70. The number of unbranched alkanes of at least 4 members (excludes halogenated alkanes) is 3. The van der Waals surface area contributed by atoms with Crippen LogP contribution in [-0.2, 0) is 31.9 Å². The first-order valence-electron chi connectivity index (χ1n) is 6.87. The summed E-state index contributed by atoms with van der Waals surface area (Å²) in [6.45, 7) is 0. The van der Waals surface area contributed by atoms with Gasteiger partial charge < -0.3 is 13.9 Å². The van der Waals surface area contributed by atoms with E-state index in [4.69, 9.17) is 4.42 Å². The van der Waals surface area contributed by atoms with E-state index < -0.39 is 0 Å². The fourth-order valence-corrected chi connectivity index (χ4v) is 1.89. The maximum Gasteiger partial charge on any atom is 0.313 e. The summed E-state index contributed by atoms with van der Waals surface area (Å²) in [5.74, 6) is 1.08. The van der Waals surface area contributed by atoms with Crippen LogP contribution in [0.15, 0.2) is 16.5 Å². The third kappa shape index (κ3) is 6.41. The zero-order valence-corrected chi connectivity index (χ0v) is 12.1. The van der Waals surface area contributed by atoms with Gasteiger partial charge in [0.2, 0.25) is 0 Å². The minimum Gasteiger partial charge on any atom is -0.469 e. The van der Waals surface area contributed by atoms with Gasteiger partial charge in [0.15, 0.2) is 0 Å². The fourth-order valence-electron chi connectivity index (χ4n) is 1.89. The van der Waals surface area contributed by atoms with E-state index in [1.807, 2.05) is 12.1 Å². The second-order valence-corrected chi connectivity index (χ2v) is 4.61. The van der Waals surface area contributed by atoms with E-state index in [0.29, 0.717) is 12.2 Å². The van der Waals surface area contributed by atoms with Crippen LogP contribution in [0.2, 0.25) is 0 Å². The SMILES string of the molecule is COC(=O)CCCCCCc1ccc(CC(=O)OC)o1. The van der Waals surface area contributed by atoms with E-state index in [2.05, 4.69) is 9.47 Å². The summed E-state index contributed by atoms with van der Waals surface area (Å²) in [5.41, 5.74) is 0. The summed E-state index contributed by atoms with van der Waals surface area (Å²) in [6.07, 6.45) is 5.43. The molecule has 0 unspecified atom stereocenters. The van der Waals surface area contributed by atoms with Crippen molar-refractivity contribution < 1.29 is 23.5 Å². The highest BCUT2D eigenvalue weighted by Crippen LogP contribution is 2.13. The van der Waals surface area contributed by atoms with Gasteiger partial charge in [-0.15, -0.1) is 0 Å². The number of methoxy groups -OCH3 is 2. The van der Waals surface area contributed by atoms with E-state index in [9.17, 15) is 9.59 Å². The van der Waals surface area contributed by atoms with Crippen LogP contribution < -0.4 is 0 Å². The van der Waals surface area contributed by atoms with Crippen LogP contribution in [0, 0.1) is 0 Å². The van der Waals surface area contributed by atoms with Gasteiger partial charge in [0.05, 0.1) is 14.2 Å². The molecule has 0 saturated heterocycles. The molecule has 0 saturated carbocycles. The molecule has 0 aliphatic carbocycles. The van der Waals surface area contributed by atoms with Gasteiger partial charge in [0.25, 0.3) is 0 Å². The van der Waals surface area contributed by atoms with Crippen molar-refractivity contribution in [2.24, 2.45) is 0 Å². The zero-order valence-electron chi connectivity index (χ0n) is 12.1. The third-order valence-electron chi connectivity index (χ3n) is 3.05. The van der Waals surface area contributed by atoms with Crippen molar-refractivity contribution in [1.82, 2.24) is 0 Å². The smallest absolute Gasteiger partial charge is 0.313 e. The summed E-state index contributed by atoms with van der Waals surface area (Å²) in [7, 11) is 2.77. The van der Waals surface area contributed by atoms with Crippen LogP contribution >= 0.6 is 0 Å². The van der Waals surface area contributed by atoms with Crippen molar-refractivity contribution in [1.29, 1.82) is 0 Å². The van der Waals surface area contributed by atoms with E-state index in [-0.39, 0.29) is 18.4 Å². The van der Waals surface area contributed by atoms with Gasteiger partial charge >= 0.3 is 11.9 Å². The molecule has 5 heteroatoms. The Morgan fingerprint density at radius 3 is 2.30 bits per heavy atom. The zero-order chi connectivity index (χ0) is 14.8. The maximum atomic E-state index is 11.1. The minimum absolute atomic E-state index is 0.150. The fraction of sp³-hybridized carbons (Fsp3) is 0.600. The predicted molar refractivity (Wildman–Crippen MR) is 73.2 cm³/mol. The average Bonchev–Trinajstić information content (AvgIpc) is 2.89. The molecule has 1 rings (SSSR count). The van der Waals surface area contributed by atoms with Crippen LogP contribution in [0.25, 0.3) is 0 Å². The van der Waals surface area contributed by atoms with Crippen molar-refractivity contribution in [2.45, 2.75) is 44.9 Å². The van der Waals surface area contributed by atoms with Crippen molar-refractivity contribution in [2.75, 3.05) is 14.2 Å². The van der Waals surface area contributed by atoms with E-state index >= 15 is 0 Å². The summed E-state index contributed by atoms with van der Waals surface area (Å²) < 4.78 is 14.7. The third-order valence-corrected chi connectivity index (χ3v) is 3.05. The first kappa shape index (κ1) is 16.3. The monoisotopic (exact) mass is 282 g/mol. The van der Waals surface area contributed by atoms with Gasteiger partial charge in [-0.1, -0.05) is 12.8 Å². The van der Waals surface area contributed by atoms with Gasteiger partial charge in [-0.25, -0.2) is 0 Å². The highest BCUT2D eigenvalue weighted by molar-refractivity contribution is 5.71. The lowest BCUT2D eigenvalue weighted by molar-refractivity contribution is -0.141. The van der Waals surface area contributed by atoms with E-state index in [1.54, 1.807) is 0 Å². The van der Waals surface area contributed by atoms with Crippen LogP contribution in [0.5, 0.6) is 0 Å². The van der Waals surface area contributed by atoms with Gasteiger partial charge in [-0.2, -0.15) is 0 Å². The van der Waals surface area contributed by atoms with E-state index in [0.717, 1.165) is 37.9 Å². The molecular formula is C15H22O5. The Labute approximate surface area is 119 Å². The minimum atomic E-state index is -0.297. The number of furan rings is 1. The Balaban J connectivity index is 2.13. The maximum absolute atomic E-state index is 11.1. The molecule has 0 aromatic carbocycles. The molecular weight excluding hydrogens is 260 g/mol. The topological polar surface area (TPSA) is 65.7 Å². The van der Waals surface area contributed by atoms with Crippen molar-refractivity contribution >= 4 is 11.9 Å². The van der Waals surface area contributed by atoms with Crippen molar-refractivity contribution in [3.63, 3.8) is 0 Å². The molecule has 20 heavy (non-hydrogen) atoms. The molecule has 112 valence electrons. The number of ether oxygens (including phenoxy) is 2. The average molecular weight is 282 g/mol. The van der Waals surface area contributed by atoms with Crippen LogP contribution in [0.4, 0.5) is 0 Å². The van der Waals surface area contributed by atoms with Crippen LogP contribution in [0.3, 0.4) is 0 Å². The first-order chi connectivity index (χ1) is 9.65. The second kappa shape index (κ2) is 9.18. The molecule has 1 aromatic rings. The van der Waals surface area contributed by atoms with Crippen molar-refractivity contribution in [3.05, 3.63) is 23.7 Å². The lowest BCUT2D eigenvalue weighted by atomic mass is 10.1. The largest absolute Gasteiger partial charge is 0.469 e. The van der Waals surface area contributed by atoms with Gasteiger partial charge in [-0.3, -0.25) is 9.59 Å². The highest BCUT2D eigenvalue weighted by atomic mass is 16.5. The summed E-state index contributed by atoms with van der Waals surface area (Å²) in [5, 5.41) is 0. The molecule has 0 spiro atoms. The summed E-state index contributed by atoms with van der Waals surface area (Å²) in [4.78, 5) is 22.0. The second-order valence-electron chi connectivity index (χ2n) is 4.61. The van der Waals surface area contributed by atoms with Gasteiger partial charge in [0.1, 0.15) is 17.9 Å². The molecule has 1 aromatic heterocycles. The Kier molecular flexibility index (Phi) is 7.47. The molecule has 0 aliphatic heterocycles. The number of hydrogen-bond donors (Lipinski definition) is 0. The number of hydrogen-bond acceptors (Lipinski definition) is 5. The van der Waals surface area contributed by atoms with E-state index in [1.165, 1.54) is 14.2 Å². The Hall–Kier alpha value is -1.78. The molecule has 0 amide bonds. The highest BCUT2D eigenvalue weighted by Gasteiger charge is 2.07. The van der Waals surface area contributed by atoms with Gasteiger partial charge in [0, 0.05) is 12.8 Å².